The Bertz CT molecular complexity index is 293. The van der Waals surface area contributed by atoms with Crippen LogP contribution in [-0.4, -0.2) is 40.8 Å². The van der Waals surface area contributed by atoms with Crippen LogP contribution in [0.15, 0.2) is 0 Å². The fourth-order valence-electron chi connectivity index (χ4n) is 2.23. The highest BCUT2D eigenvalue weighted by Crippen LogP contribution is 2.21. The van der Waals surface area contributed by atoms with Crippen LogP contribution in [-0.2, 0) is 9.53 Å². The normalized spacial score (nSPS) is 22.2. The first-order valence-electron chi connectivity index (χ1n) is 6.78. The third kappa shape index (κ3) is 3.89. The van der Waals surface area contributed by atoms with Gasteiger partial charge >= 0.3 is 12.1 Å². The SMILES string of the molecule is CCCCCCCCN(C(=O)O)C1C(=O)OC1C. The van der Waals surface area contributed by atoms with Crippen LogP contribution in [0.25, 0.3) is 0 Å². The first kappa shape index (κ1) is 14.8. The van der Waals surface area contributed by atoms with E-state index in [0.717, 1.165) is 19.3 Å². The maximum atomic E-state index is 11.2. The Labute approximate surface area is 108 Å². The summed E-state index contributed by atoms with van der Waals surface area (Å²) in [6.45, 7) is 4.31. The van der Waals surface area contributed by atoms with E-state index >= 15 is 0 Å². The lowest BCUT2D eigenvalue weighted by atomic mass is 10.1. The van der Waals surface area contributed by atoms with Crippen LogP contribution < -0.4 is 0 Å². The molecule has 1 rings (SSSR count). The number of amides is 1. The van der Waals surface area contributed by atoms with E-state index in [1.54, 1.807) is 6.92 Å². The number of esters is 1. The second kappa shape index (κ2) is 7.24. The maximum absolute atomic E-state index is 11.2. The van der Waals surface area contributed by atoms with Crippen molar-refractivity contribution < 1.29 is 19.4 Å². The minimum atomic E-state index is -1.03. The Kier molecular flexibility index (Phi) is 5.95. The molecule has 0 aromatic rings. The zero-order valence-electron chi connectivity index (χ0n) is 11.2. The highest BCUT2D eigenvalue weighted by atomic mass is 16.6. The van der Waals surface area contributed by atoms with E-state index in [1.807, 2.05) is 0 Å². The van der Waals surface area contributed by atoms with Crippen LogP contribution in [0.1, 0.15) is 52.4 Å². The molecular weight excluding hydrogens is 234 g/mol. The number of hydrogen-bond acceptors (Lipinski definition) is 3. The standard InChI is InChI=1S/C13H23NO4/c1-3-4-5-6-7-8-9-14(13(16)17)11-10(2)18-12(11)15/h10-11H,3-9H2,1-2H3,(H,16,17). The number of ether oxygens (including phenoxy) is 1. The highest BCUT2D eigenvalue weighted by molar-refractivity contribution is 5.85. The molecule has 0 aliphatic carbocycles. The minimum Gasteiger partial charge on any atom is -0.465 e. The Morgan fingerprint density at radius 1 is 1.28 bits per heavy atom. The van der Waals surface area contributed by atoms with Gasteiger partial charge in [0.1, 0.15) is 6.10 Å². The van der Waals surface area contributed by atoms with Crippen molar-refractivity contribution in [3.63, 3.8) is 0 Å². The second-order valence-electron chi connectivity index (χ2n) is 4.83. The molecule has 0 bridgehead atoms. The van der Waals surface area contributed by atoms with Crippen molar-refractivity contribution in [3.05, 3.63) is 0 Å². The van der Waals surface area contributed by atoms with Gasteiger partial charge in [-0.05, 0) is 13.3 Å². The molecule has 0 saturated carbocycles. The Balaban J connectivity index is 2.27. The Hall–Kier alpha value is -1.26. The van der Waals surface area contributed by atoms with Crippen LogP contribution in [0, 0.1) is 0 Å². The summed E-state index contributed by atoms with van der Waals surface area (Å²) >= 11 is 0. The lowest BCUT2D eigenvalue weighted by Gasteiger charge is -2.39. The van der Waals surface area contributed by atoms with E-state index in [9.17, 15) is 9.59 Å². The van der Waals surface area contributed by atoms with E-state index in [0.29, 0.717) is 6.54 Å². The third-order valence-electron chi connectivity index (χ3n) is 3.32. The molecule has 104 valence electrons. The zero-order chi connectivity index (χ0) is 13.5. The molecule has 1 fully saturated rings. The fraction of sp³-hybridized carbons (Fsp3) is 0.846. The van der Waals surface area contributed by atoms with E-state index in [4.69, 9.17) is 9.84 Å². The number of rotatable bonds is 8. The lowest BCUT2D eigenvalue weighted by Crippen LogP contribution is -2.60. The first-order valence-corrected chi connectivity index (χ1v) is 6.78. The van der Waals surface area contributed by atoms with E-state index < -0.39 is 18.1 Å². The molecule has 18 heavy (non-hydrogen) atoms. The van der Waals surface area contributed by atoms with Gasteiger partial charge in [-0.2, -0.15) is 0 Å². The molecule has 1 amide bonds. The van der Waals surface area contributed by atoms with Gasteiger partial charge in [0.15, 0.2) is 6.04 Å². The molecule has 5 nitrogen and oxygen atoms in total. The molecule has 5 heteroatoms. The van der Waals surface area contributed by atoms with Gasteiger partial charge < -0.3 is 9.84 Å². The molecule has 0 aromatic carbocycles. The van der Waals surface area contributed by atoms with Gasteiger partial charge in [-0.3, -0.25) is 4.90 Å². The summed E-state index contributed by atoms with van der Waals surface area (Å²) in [5.41, 5.74) is 0. The number of cyclic esters (lactones) is 1. The lowest BCUT2D eigenvalue weighted by molar-refractivity contribution is -0.183. The molecule has 0 radical (unpaired) electrons. The van der Waals surface area contributed by atoms with Gasteiger partial charge in [-0.15, -0.1) is 0 Å². The number of carboxylic acid groups (broad SMARTS) is 1. The number of hydrogen-bond donors (Lipinski definition) is 1. The van der Waals surface area contributed by atoms with Gasteiger partial charge in [0, 0.05) is 6.54 Å². The predicted octanol–water partition coefficient (Wildman–Crippen LogP) is 2.64. The highest BCUT2D eigenvalue weighted by Gasteiger charge is 2.45. The number of unbranched alkanes of at least 4 members (excludes halogenated alkanes) is 5. The fourth-order valence-corrected chi connectivity index (χ4v) is 2.23. The first-order chi connectivity index (χ1) is 8.57. The van der Waals surface area contributed by atoms with Crippen LogP contribution in [0.5, 0.6) is 0 Å². The Morgan fingerprint density at radius 2 is 1.89 bits per heavy atom. The quantitative estimate of drug-likeness (QED) is 0.536. The summed E-state index contributed by atoms with van der Waals surface area (Å²) < 4.78 is 4.80. The van der Waals surface area contributed by atoms with Crippen molar-refractivity contribution >= 4 is 12.1 Å². The van der Waals surface area contributed by atoms with Crippen molar-refractivity contribution in [2.45, 2.75) is 64.5 Å². The average Bonchev–Trinajstić information content (AvgIpc) is 2.31. The topological polar surface area (TPSA) is 66.8 Å². The van der Waals surface area contributed by atoms with Crippen LogP contribution in [0.3, 0.4) is 0 Å². The van der Waals surface area contributed by atoms with Gasteiger partial charge in [0.05, 0.1) is 0 Å². The molecule has 1 aliphatic heterocycles. The van der Waals surface area contributed by atoms with Crippen molar-refractivity contribution in [2.24, 2.45) is 0 Å². The molecule has 1 N–H and O–H groups in total. The van der Waals surface area contributed by atoms with E-state index in [-0.39, 0.29) is 6.10 Å². The maximum Gasteiger partial charge on any atom is 0.408 e. The third-order valence-corrected chi connectivity index (χ3v) is 3.32. The summed E-state index contributed by atoms with van der Waals surface area (Å²) in [5.74, 6) is -0.420. The summed E-state index contributed by atoms with van der Waals surface area (Å²) in [4.78, 5) is 23.6. The summed E-state index contributed by atoms with van der Waals surface area (Å²) in [6.07, 6.45) is 5.25. The van der Waals surface area contributed by atoms with Crippen molar-refractivity contribution in [1.82, 2.24) is 4.90 Å². The number of nitrogens with zero attached hydrogens (tertiary/aromatic N) is 1. The molecule has 0 aromatic heterocycles. The zero-order valence-corrected chi connectivity index (χ0v) is 11.2. The summed E-state index contributed by atoms with van der Waals surface area (Å²) in [6, 6.07) is -0.599. The molecule has 2 unspecified atom stereocenters. The van der Waals surface area contributed by atoms with Crippen LogP contribution in [0.2, 0.25) is 0 Å². The number of carbonyl (C=O) groups is 2. The van der Waals surface area contributed by atoms with Crippen LogP contribution in [0.4, 0.5) is 4.79 Å². The monoisotopic (exact) mass is 257 g/mol. The number of carbonyl (C=O) groups excluding carboxylic acids is 1. The molecule has 1 heterocycles. The molecular formula is C13H23NO4. The molecule has 1 saturated heterocycles. The minimum absolute atomic E-state index is 0.311. The second-order valence-corrected chi connectivity index (χ2v) is 4.83. The Morgan fingerprint density at radius 3 is 2.39 bits per heavy atom. The van der Waals surface area contributed by atoms with Gasteiger partial charge in [0.25, 0.3) is 0 Å². The van der Waals surface area contributed by atoms with Gasteiger partial charge in [0.2, 0.25) is 0 Å². The van der Waals surface area contributed by atoms with Crippen molar-refractivity contribution in [2.75, 3.05) is 6.54 Å². The largest absolute Gasteiger partial charge is 0.465 e. The molecule has 2 atom stereocenters. The summed E-state index contributed by atoms with van der Waals surface area (Å²) in [7, 11) is 0. The van der Waals surface area contributed by atoms with E-state index in [2.05, 4.69) is 6.92 Å². The molecule has 1 aliphatic rings. The van der Waals surface area contributed by atoms with E-state index in [1.165, 1.54) is 24.2 Å². The van der Waals surface area contributed by atoms with Crippen molar-refractivity contribution in [1.29, 1.82) is 0 Å². The summed E-state index contributed by atoms with van der Waals surface area (Å²) in [5, 5.41) is 9.10. The van der Waals surface area contributed by atoms with Gasteiger partial charge in [-0.1, -0.05) is 39.0 Å². The molecule has 0 spiro atoms. The predicted molar refractivity (Wildman–Crippen MR) is 67.4 cm³/mol. The van der Waals surface area contributed by atoms with Gasteiger partial charge in [-0.25, -0.2) is 9.59 Å². The van der Waals surface area contributed by atoms with Crippen LogP contribution >= 0.6 is 0 Å². The van der Waals surface area contributed by atoms with Crippen molar-refractivity contribution in [3.8, 4) is 0 Å². The average molecular weight is 257 g/mol. The smallest absolute Gasteiger partial charge is 0.408 e.